The third-order valence-electron chi connectivity index (χ3n) is 1.71. The molecule has 1 rings (SSSR count). The molecule has 1 aromatic rings. The number of hydrogen-bond donors (Lipinski definition) is 1. The highest BCUT2D eigenvalue weighted by Gasteiger charge is 2.16. The fourth-order valence-corrected chi connectivity index (χ4v) is 1.04. The van der Waals surface area contributed by atoms with E-state index in [9.17, 15) is 4.79 Å². The first-order valence-corrected chi connectivity index (χ1v) is 4.78. The van der Waals surface area contributed by atoms with E-state index in [0.29, 0.717) is 11.6 Å². The molecule has 0 radical (unpaired) electrons. The van der Waals surface area contributed by atoms with E-state index in [-0.39, 0.29) is 17.7 Å². The minimum absolute atomic E-state index is 0.0192. The third kappa shape index (κ3) is 2.58. The average molecular weight is 196 g/mol. The number of nitrogens with zero attached hydrogens (tertiary/aromatic N) is 1. The van der Waals surface area contributed by atoms with E-state index in [1.165, 1.54) is 0 Å². The summed E-state index contributed by atoms with van der Waals surface area (Å²) in [7, 11) is 0. The van der Waals surface area contributed by atoms with Crippen LogP contribution in [-0.2, 0) is 0 Å². The Bertz CT molecular complexity index is 316. The molecule has 0 saturated heterocycles. The number of ketones is 1. The number of nitrogens with one attached hydrogen (secondary N) is 1. The van der Waals surface area contributed by atoms with Crippen LogP contribution in [0.15, 0.2) is 10.6 Å². The highest BCUT2D eigenvalue weighted by molar-refractivity contribution is 5.95. The Kier molecular flexibility index (Phi) is 3.28. The smallest absolute Gasteiger partial charge is 0.204 e. The second kappa shape index (κ2) is 4.26. The number of aromatic nitrogens is 1. The minimum Gasteiger partial charge on any atom is -0.365 e. The summed E-state index contributed by atoms with van der Waals surface area (Å²) in [5.74, 6) is 0.858. The van der Waals surface area contributed by atoms with E-state index < -0.39 is 0 Å². The van der Waals surface area contributed by atoms with E-state index in [1.807, 2.05) is 27.7 Å². The summed E-state index contributed by atoms with van der Waals surface area (Å²) in [6.45, 7) is 7.66. The topological polar surface area (TPSA) is 55.1 Å². The fraction of sp³-hybridized carbons (Fsp3) is 0.600. The molecule has 0 amide bonds. The van der Waals surface area contributed by atoms with Gasteiger partial charge in [-0.25, -0.2) is 0 Å². The number of Topliss-reactive ketones (excluding diaryl/α,β-unsaturated/α-hetero) is 1. The Morgan fingerprint density at radius 1 is 1.43 bits per heavy atom. The number of carbonyl (C=O) groups excluding carboxylic acids is 1. The zero-order chi connectivity index (χ0) is 10.7. The van der Waals surface area contributed by atoms with Crippen LogP contribution in [0.5, 0.6) is 0 Å². The van der Waals surface area contributed by atoms with Gasteiger partial charge in [-0.1, -0.05) is 19.0 Å². The lowest BCUT2D eigenvalue weighted by molar-refractivity contribution is 0.0902. The molecule has 14 heavy (non-hydrogen) atoms. The molecule has 0 saturated carbocycles. The molecule has 0 aromatic carbocycles. The van der Waals surface area contributed by atoms with Gasteiger partial charge in [0.15, 0.2) is 5.82 Å². The van der Waals surface area contributed by atoms with Crippen LogP contribution in [0.3, 0.4) is 0 Å². The number of carbonyl (C=O) groups is 1. The summed E-state index contributed by atoms with van der Waals surface area (Å²) in [5.41, 5.74) is 0. The van der Waals surface area contributed by atoms with Crippen molar-refractivity contribution in [3.05, 3.63) is 11.8 Å². The van der Waals surface area contributed by atoms with E-state index in [4.69, 9.17) is 4.52 Å². The molecule has 0 bridgehead atoms. The van der Waals surface area contributed by atoms with Gasteiger partial charge >= 0.3 is 0 Å². The van der Waals surface area contributed by atoms with Crippen molar-refractivity contribution in [3.8, 4) is 0 Å². The summed E-state index contributed by atoms with van der Waals surface area (Å²) in [4.78, 5) is 11.5. The van der Waals surface area contributed by atoms with Crippen LogP contribution in [0.4, 0.5) is 5.82 Å². The molecule has 1 N–H and O–H groups in total. The van der Waals surface area contributed by atoms with Gasteiger partial charge in [-0.15, -0.1) is 0 Å². The highest BCUT2D eigenvalue weighted by Crippen LogP contribution is 2.13. The Balaban J connectivity index is 2.73. The average Bonchev–Trinajstić information content (AvgIpc) is 2.50. The van der Waals surface area contributed by atoms with Crippen LogP contribution >= 0.6 is 0 Å². The van der Waals surface area contributed by atoms with Crippen LogP contribution < -0.4 is 5.32 Å². The lowest BCUT2D eigenvalue weighted by Gasteiger charge is -2.03. The van der Waals surface area contributed by atoms with Crippen molar-refractivity contribution in [3.63, 3.8) is 0 Å². The third-order valence-corrected chi connectivity index (χ3v) is 1.71. The largest absolute Gasteiger partial charge is 0.365 e. The second-order valence-corrected chi connectivity index (χ2v) is 3.89. The minimum atomic E-state index is -0.0603. The molecule has 1 aromatic heterocycles. The second-order valence-electron chi connectivity index (χ2n) is 3.89. The number of anilines is 1. The van der Waals surface area contributed by atoms with Gasteiger partial charge in [-0.3, -0.25) is 4.79 Å². The van der Waals surface area contributed by atoms with Gasteiger partial charge in [0.1, 0.15) is 0 Å². The van der Waals surface area contributed by atoms with E-state index >= 15 is 0 Å². The Morgan fingerprint density at radius 2 is 2.07 bits per heavy atom. The maximum absolute atomic E-state index is 11.5. The van der Waals surface area contributed by atoms with Gasteiger partial charge in [0.2, 0.25) is 11.5 Å². The van der Waals surface area contributed by atoms with Crippen molar-refractivity contribution in [1.29, 1.82) is 0 Å². The molecule has 4 heteroatoms. The Labute approximate surface area is 83.7 Å². The van der Waals surface area contributed by atoms with Crippen LogP contribution in [0.1, 0.15) is 38.2 Å². The van der Waals surface area contributed by atoms with Crippen molar-refractivity contribution in [2.75, 3.05) is 5.32 Å². The maximum Gasteiger partial charge on any atom is 0.204 e. The summed E-state index contributed by atoms with van der Waals surface area (Å²) in [5, 5.41) is 6.81. The molecule has 0 aliphatic carbocycles. The van der Waals surface area contributed by atoms with Crippen molar-refractivity contribution in [1.82, 2.24) is 5.16 Å². The molecule has 0 aliphatic rings. The molecule has 0 unspecified atom stereocenters. The van der Waals surface area contributed by atoms with Crippen LogP contribution in [0.25, 0.3) is 0 Å². The lowest BCUT2D eigenvalue weighted by atomic mass is 10.1. The first-order chi connectivity index (χ1) is 6.50. The summed E-state index contributed by atoms with van der Waals surface area (Å²) >= 11 is 0. The van der Waals surface area contributed by atoms with Crippen molar-refractivity contribution < 1.29 is 9.32 Å². The Hall–Kier alpha value is -1.32. The predicted molar refractivity (Wildman–Crippen MR) is 54.4 cm³/mol. The summed E-state index contributed by atoms with van der Waals surface area (Å²) < 4.78 is 4.93. The van der Waals surface area contributed by atoms with Gasteiger partial charge in [-0.2, -0.15) is 0 Å². The molecule has 0 atom stereocenters. The van der Waals surface area contributed by atoms with Gasteiger partial charge in [-0.05, 0) is 13.8 Å². The molecular formula is C10H16N2O2. The quantitative estimate of drug-likeness (QED) is 0.751. The van der Waals surface area contributed by atoms with Gasteiger partial charge in [0.25, 0.3) is 0 Å². The molecule has 78 valence electrons. The normalized spacial score (nSPS) is 11.0. The highest BCUT2D eigenvalue weighted by atomic mass is 16.5. The molecular weight excluding hydrogens is 180 g/mol. The molecule has 0 aliphatic heterocycles. The Morgan fingerprint density at radius 3 is 2.57 bits per heavy atom. The van der Waals surface area contributed by atoms with Crippen molar-refractivity contribution >= 4 is 11.6 Å². The van der Waals surface area contributed by atoms with Crippen LogP contribution in [0.2, 0.25) is 0 Å². The van der Waals surface area contributed by atoms with Crippen molar-refractivity contribution in [2.45, 2.75) is 33.7 Å². The van der Waals surface area contributed by atoms with Crippen molar-refractivity contribution in [2.24, 2.45) is 5.92 Å². The summed E-state index contributed by atoms with van der Waals surface area (Å²) in [6.07, 6.45) is 0. The van der Waals surface area contributed by atoms with E-state index in [1.54, 1.807) is 6.07 Å². The summed E-state index contributed by atoms with van der Waals surface area (Å²) in [6, 6.07) is 1.92. The lowest BCUT2D eigenvalue weighted by Crippen LogP contribution is -2.09. The van der Waals surface area contributed by atoms with Gasteiger partial charge in [0, 0.05) is 18.0 Å². The number of hydrogen-bond acceptors (Lipinski definition) is 4. The SMILES string of the molecule is CC(C)Nc1cc(C(=O)C(C)C)on1. The standard InChI is InChI=1S/C10H16N2O2/c1-6(2)10(13)8-5-9(12-14-8)11-7(3)4/h5-7H,1-4H3,(H,11,12). The van der Waals surface area contributed by atoms with Crippen LogP contribution in [-0.4, -0.2) is 17.0 Å². The van der Waals surface area contributed by atoms with Gasteiger partial charge < -0.3 is 9.84 Å². The van der Waals surface area contributed by atoms with Gasteiger partial charge in [0.05, 0.1) is 0 Å². The molecule has 0 fully saturated rings. The molecule has 0 spiro atoms. The first-order valence-electron chi connectivity index (χ1n) is 4.78. The van der Waals surface area contributed by atoms with Crippen LogP contribution in [0, 0.1) is 5.92 Å². The fourth-order valence-electron chi connectivity index (χ4n) is 1.04. The van der Waals surface area contributed by atoms with E-state index in [2.05, 4.69) is 10.5 Å². The predicted octanol–water partition coefficient (Wildman–Crippen LogP) is 2.33. The zero-order valence-electron chi connectivity index (χ0n) is 9.00. The maximum atomic E-state index is 11.5. The monoisotopic (exact) mass is 196 g/mol. The molecule has 1 heterocycles. The van der Waals surface area contributed by atoms with E-state index in [0.717, 1.165) is 0 Å². The molecule has 4 nitrogen and oxygen atoms in total. The zero-order valence-corrected chi connectivity index (χ0v) is 9.00. The first kappa shape index (κ1) is 10.8. The number of rotatable bonds is 4.